The molecule has 1 aliphatic heterocycles. The molecule has 0 fully saturated rings. The molecule has 37 heavy (non-hydrogen) atoms. The third-order valence-corrected chi connectivity index (χ3v) is 6.23. The minimum atomic E-state index is -0.796. The Morgan fingerprint density at radius 2 is 1.24 bits per heavy atom. The van der Waals surface area contributed by atoms with Gasteiger partial charge >= 0.3 is 11.3 Å². The molecule has 0 saturated heterocycles. The smallest absolute Gasteiger partial charge is 0.351 e. The fourth-order valence-electron chi connectivity index (χ4n) is 4.38. The van der Waals surface area contributed by atoms with Crippen molar-refractivity contribution in [2.75, 3.05) is 21.0 Å². The van der Waals surface area contributed by atoms with E-state index in [2.05, 4.69) is 0 Å². The van der Waals surface area contributed by atoms with Crippen molar-refractivity contribution in [1.29, 1.82) is 0 Å². The number of ether oxygens (including phenoxy) is 4. The molecular weight excluding hydrogens is 476 g/mol. The fraction of sp³-hybridized carbons (Fsp3) is 0.103. The standard InChI is InChI=1S/C29H20O8/c1-32-19-8-3-16(4-9-19)25-21-14-23(18-7-12-22-24(13-18)35-15-34-22)36-28(30)26(21)29(31)37-27(25)17-5-10-20(33-2)11-6-17/h3-14H,15H2,1-2H3. The van der Waals surface area contributed by atoms with E-state index in [9.17, 15) is 9.59 Å². The highest BCUT2D eigenvalue weighted by Gasteiger charge is 2.23. The van der Waals surface area contributed by atoms with Gasteiger partial charge in [0.2, 0.25) is 6.79 Å². The summed E-state index contributed by atoms with van der Waals surface area (Å²) < 4.78 is 32.8. The van der Waals surface area contributed by atoms with Crippen LogP contribution in [0.5, 0.6) is 23.0 Å². The van der Waals surface area contributed by atoms with Crippen LogP contribution in [0, 0.1) is 0 Å². The van der Waals surface area contributed by atoms with Gasteiger partial charge in [0, 0.05) is 22.1 Å². The van der Waals surface area contributed by atoms with Crippen LogP contribution >= 0.6 is 0 Å². The molecule has 184 valence electrons. The monoisotopic (exact) mass is 496 g/mol. The first-order valence-electron chi connectivity index (χ1n) is 11.4. The molecule has 0 spiro atoms. The lowest BCUT2D eigenvalue weighted by atomic mass is 9.95. The molecule has 0 radical (unpaired) electrons. The highest BCUT2D eigenvalue weighted by Crippen LogP contribution is 2.40. The van der Waals surface area contributed by atoms with Gasteiger partial charge in [0.05, 0.1) is 14.2 Å². The second kappa shape index (κ2) is 8.91. The summed E-state index contributed by atoms with van der Waals surface area (Å²) in [5.41, 5.74) is 0.950. The van der Waals surface area contributed by atoms with Gasteiger partial charge in [-0.3, -0.25) is 0 Å². The van der Waals surface area contributed by atoms with Crippen molar-refractivity contribution in [3.8, 4) is 56.8 Å². The highest BCUT2D eigenvalue weighted by atomic mass is 16.7. The lowest BCUT2D eigenvalue weighted by Crippen LogP contribution is -2.13. The topological polar surface area (TPSA) is 97.3 Å². The lowest BCUT2D eigenvalue weighted by molar-refractivity contribution is 0.174. The summed E-state index contributed by atoms with van der Waals surface area (Å²) in [6.07, 6.45) is 0. The second-order valence-corrected chi connectivity index (χ2v) is 8.31. The molecule has 0 amide bonds. The molecule has 1 aliphatic rings. The van der Waals surface area contributed by atoms with Gasteiger partial charge in [-0.05, 0) is 66.2 Å². The Morgan fingerprint density at radius 1 is 0.649 bits per heavy atom. The van der Waals surface area contributed by atoms with Crippen LogP contribution in [0.15, 0.2) is 91.2 Å². The summed E-state index contributed by atoms with van der Waals surface area (Å²) in [6.45, 7) is 0.119. The average Bonchev–Trinajstić information content (AvgIpc) is 3.41. The van der Waals surface area contributed by atoms with Crippen LogP contribution in [0.3, 0.4) is 0 Å². The maximum Gasteiger partial charge on any atom is 0.351 e. The average molecular weight is 496 g/mol. The van der Waals surface area contributed by atoms with Gasteiger partial charge in [0.1, 0.15) is 23.0 Å². The van der Waals surface area contributed by atoms with Crippen LogP contribution in [0.1, 0.15) is 0 Å². The van der Waals surface area contributed by atoms with Crippen molar-refractivity contribution in [1.82, 2.24) is 0 Å². The molecule has 2 aromatic heterocycles. The van der Waals surface area contributed by atoms with E-state index in [4.69, 9.17) is 27.8 Å². The molecule has 5 aromatic rings. The van der Waals surface area contributed by atoms with Crippen LogP contribution in [0.2, 0.25) is 0 Å². The Kier molecular flexibility index (Phi) is 5.41. The third-order valence-electron chi connectivity index (χ3n) is 6.23. The third kappa shape index (κ3) is 3.88. The molecule has 0 saturated carbocycles. The van der Waals surface area contributed by atoms with E-state index in [-0.39, 0.29) is 17.9 Å². The van der Waals surface area contributed by atoms with E-state index < -0.39 is 11.3 Å². The first kappa shape index (κ1) is 22.5. The minimum Gasteiger partial charge on any atom is -0.497 e. The number of hydrogen-bond acceptors (Lipinski definition) is 8. The van der Waals surface area contributed by atoms with E-state index in [1.165, 1.54) is 0 Å². The summed E-state index contributed by atoms with van der Waals surface area (Å²) >= 11 is 0. The molecule has 0 unspecified atom stereocenters. The molecule has 0 aliphatic carbocycles. The van der Waals surface area contributed by atoms with E-state index in [1.807, 2.05) is 12.1 Å². The Bertz CT molecular complexity index is 1750. The first-order chi connectivity index (χ1) is 18.1. The molecule has 3 aromatic carbocycles. The van der Waals surface area contributed by atoms with Gasteiger partial charge in [-0.1, -0.05) is 12.1 Å². The van der Waals surface area contributed by atoms with Crippen LogP contribution in [0.25, 0.3) is 44.5 Å². The predicted molar refractivity (Wildman–Crippen MR) is 137 cm³/mol. The normalized spacial score (nSPS) is 12.1. The van der Waals surface area contributed by atoms with Gasteiger partial charge in [0.25, 0.3) is 0 Å². The quantitative estimate of drug-likeness (QED) is 0.315. The number of fused-ring (bicyclic) bond motifs is 2. The number of methoxy groups -OCH3 is 2. The number of rotatable bonds is 5. The maximum atomic E-state index is 13.1. The van der Waals surface area contributed by atoms with Gasteiger partial charge in [-0.2, -0.15) is 0 Å². The largest absolute Gasteiger partial charge is 0.497 e. The van der Waals surface area contributed by atoms with Crippen molar-refractivity contribution < 1.29 is 27.8 Å². The zero-order chi connectivity index (χ0) is 25.5. The molecule has 0 atom stereocenters. The van der Waals surface area contributed by atoms with Crippen LogP contribution in [-0.4, -0.2) is 21.0 Å². The number of benzene rings is 3. The van der Waals surface area contributed by atoms with E-state index in [1.54, 1.807) is 74.9 Å². The van der Waals surface area contributed by atoms with Crippen molar-refractivity contribution in [3.63, 3.8) is 0 Å². The first-order valence-corrected chi connectivity index (χ1v) is 11.4. The van der Waals surface area contributed by atoms with Gasteiger partial charge < -0.3 is 27.8 Å². The van der Waals surface area contributed by atoms with Crippen molar-refractivity contribution >= 4 is 10.8 Å². The Hall–Kier alpha value is -4.98. The molecule has 0 bridgehead atoms. The van der Waals surface area contributed by atoms with Gasteiger partial charge in [-0.15, -0.1) is 0 Å². The minimum absolute atomic E-state index is 0.119. The predicted octanol–water partition coefficient (Wildman–Crippen LogP) is 5.49. The SMILES string of the molecule is COc1ccc(-c2oc(=O)c3c(=O)oc(-c4ccc5c(c4)OCO5)cc3c2-c2ccc(OC)cc2)cc1. The fourth-order valence-corrected chi connectivity index (χ4v) is 4.38. The highest BCUT2D eigenvalue weighted by molar-refractivity contribution is 6.02. The van der Waals surface area contributed by atoms with E-state index >= 15 is 0 Å². The van der Waals surface area contributed by atoms with Gasteiger partial charge in [-0.25, -0.2) is 9.59 Å². The summed E-state index contributed by atoms with van der Waals surface area (Å²) in [7, 11) is 3.16. The van der Waals surface area contributed by atoms with Crippen LogP contribution in [0.4, 0.5) is 0 Å². The molecular formula is C29H20O8. The summed E-state index contributed by atoms with van der Waals surface area (Å²) in [6, 6.07) is 21.3. The molecule has 3 heterocycles. The van der Waals surface area contributed by atoms with Gasteiger partial charge in [0.15, 0.2) is 16.9 Å². The summed E-state index contributed by atoms with van der Waals surface area (Å²) in [5.74, 6) is 3.06. The molecule has 8 nitrogen and oxygen atoms in total. The summed E-state index contributed by atoms with van der Waals surface area (Å²) in [5, 5.41) is 0.226. The van der Waals surface area contributed by atoms with E-state index in [0.29, 0.717) is 50.8 Å². The molecule has 6 rings (SSSR count). The molecule has 8 heteroatoms. The number of hydrogen-bond donors (Lipinski definition) is 0. The maximum absolute atomic E-state index is 13.1. The van der Waals surface area contributed by atoms with E-state index in [0.717, 1.165) is 5.56 Å². The van der Waals surface area contributed by atoms with Crippen LogP contribution < -0.4 is 30.2 Å². The molecule has 0 N–H and O–H groups in total. The summed E-state index contributed by atoms with van der Waals surface area (Å²) in [4.78, 5) is 26.2. The second-order valence-electron chi connectivity index (χ2n) is 8.31. The Morgan fingerprint density at radius 3 is 1.92 bits per heavy atom. The van der Waals surface area contributed by atoms with Crippen molar-refractivity contribution in [2.24, 2.45) is 0 Å². The van der Waals surface area contributed by atoms with Crippen LogP contribution in [-0.2, 0) is 0 Å². The van der Waals surface area contributed by atoms with Crippen molar-refractivity contribution in [3.05, 3.63) is 93.6 Å². The Balaban J connectivity index is 1.66. The zero-order valence-corrected chi connectivity index (χ0v) is 19.9. The Labute approximate surface area is 210 Å². The lowest BCUT2D eigenvalue weighted by Gasteiger charge is -2.13. The zero-order valence-electron chi connectivity index (χ0n) is 19.9. The van der Waals surface area contributed by atoms with Crippen molar-refractivity contribution in [2.45, 2.75) is 0 Å².